The van der Waals surface area contributed by atoms with Crippen molar-refractivity contribution < 1.29 is 9.84 Å². The number of ether oxygens (including phenoxy) is 1. The van der Waals surface area contributed by atoms with Crippen molar-refractivity contribution in [2.24, 2.45) is 0 Å². The summed E-state index contributed by atoms with van der Waals surface area (Å²) in [6, 6.07) is 10.0. The molecular weight excluding hydrogens is 291 g/mol. The lowest BCUT2D eigenvalue weighted by Crippen LogP contribution is -1.95. The third-order valence-corrected chi connectivity index (χ3v) is 2.42. The molecule has 0 heterocycles. The highest BCUT2D eigenvalue weighted by atomic mass is 127. The van der Waals surface area contributed by atoms with Gasteiger partial charge in [-0.05, 0) is 34.2 Å². The summed E-state index contributed by atoms with van der Waals surface area (Å²) in [4.78, 5) is 0. The molecule has 1 aromatic rings. The first-order chi connectivity index (χ1) is 6.83. The van der Waals surface area contributed by atoms with E-state index in [0.29, 0.717) is 13.2 Å². The fraction of sp³-hybridized carbons (Fsp3) is 0.273. The zero-order valence-electron chi connectivity index (χ0n) is 7.82. The van der Waals surface area contributed by atoms with E-state index in [-0.39, 0.29) is 6.61 Å². The van der Waals surface area contributed by atoms with Crippen LogP contribution in [0.4, 0.5) is 0 Å². The van der Waals surface area contributed by atoms with Crippen molar-refractivity contribution in [3.05, 3.63) is 45.6 Å². The van der Waals surface area contributed by atoms with Crippen LogP contribution in [0, 0.1) is 0 Å². The molecule has 0 atom stereocenters. The molecule has 0 fully saturated rings. The second kappa shape index (κ2) is 6.98. The smallest absolute Gasteiger partial charge is 0.0776 e. The minimum Gasteiger partial charge on any atom is -0.392 e. The van der Waals surface area contributed by atoms with Crippen LogP contribution in [0.2, 0.25) is 0 Å². The van der Waals surface area contributed by atoms with Crippen molar-refractivity contribution in [2.45, 2.75) is 6.61 Å². The van der Waals surface area contributed by atoms with Gasteiger partial charge in [-0.3, -0.25) is 0 Å². The summed E-state index contributed by atoms with van der Waals surface area (Å²) in [5.41, 5.74) is 1.17. The average molecular weight is 304 g/mol. The fourth-order valence-corrected chi connectivity index (χ4v) is 1.42. The molecule has 1 aromatic carbocycles. The lowest BCUT2D eigenvalue weighted by molar-refractivity contribution is 0.147. The van der Waals surface area contributed by atoms with E-state index >= 15 is 0 Å². The van der Waals surface area contributed by atoms with E-state index in [4.69, 9.17) is 9.84 Å². The molecule has 1 N–H and O–H groups in total. The van der Waals surface area contributed by atoms with Crippen LogP contribution < -0.4 is 0 Å². The molecule has 76 valence electrons. The lowest BCUT2D eigenvalue weighted by Gasteiger charge is -2.03. The normalized spacial score (nSPS) is 11.7. The molecule has 0 bridgehead atoms. The van der Waals surface area contributed by atoms with Crippen molar-refractivity contribution in [3.8, 4) is 0 Å². The Balaban J connectivity index is 2.25. The van der Waals surface area contributed by atoms with E-state index < -0.39 is 0 Å². The van der Waals surface area contributed by atoms with Crippen LogP contribution in [0.1, 0.15) is 5.56 Å². The molecule has 0 aliphatic rings. The van der Waals surface area contributed by atoms with Gasteiger partial charge in [0.05, 0.1) is 19.8 Å². The molecule has 0 aromatic heterocycles. The molecular formula is C11H13IO2. The molecule has 0 spiro atoms. The van der Waals surface area contributed by atoms with Crippen LogP contribution >= 0.6 is 22.6 Å². The number of aliphatic hydroxyl groups excluding tert-OH is 1. The lowest BCUT2D eigenvalue weighted by atomic mass is 10.2. The summed E-state index contributed by atoms with van der Waals surface area (Å²) in [6.07, 6.45) is 1.74. The molecule has 0 unspecified atom stereocenters. The number of benzene rings is 1. The summed E-state index contributed by atoms with van der Waals surface area (Å²) in [7, 11) is 0. The Morgan fingerprint density at radius 2 is 2.07 bits per heavy atom. The van der Waals surface area contributed by atoms with Gasteiger partial charge in [0.15, 0.2) is 0 Å². The van der Waals surface area contributed by atoms with Gasteiger partial charge in [0.2, 0.25) is 0 Å². The third-order valence-electron chi connectivity index (χ3n) is 1.66. The van der Waals surface area contributed by atoms with Gasteiger partial charge in [0, 0.05) is 3.58 Å². The second-order valence-electron chi connectivity index (χ2n) is 2.81. The summed E-state index contributed by atoms with van der Waals surface area (Å²) >= 11 is 2.16. The molecule has 0 radical (unpaired) electrons. The molecule has 0 saturated heterocycles. The quantitative estimate of drug-likeness (QED) is 0.847. The van der Waals surface area contributed by atoms with Crippen LogP contribution in [-0.2, 0) is 11.3 Å². The molecule has 2 nitrogen and oxygen atoms in total. The topological polar surface area (TPSA) is 29.5 Å². The summed E-state index contributed by atoms with van der Waals surface area (Å²) in [5.74, 6) is 0. The predicted molar refractivity (Wildman–Crippen MR) is 65.3 cm³/mol. The van der Waals surface area contributed by atoms with Crippen molar-refractivity contribution >= 4 is 22.6 Å². The van der Waals surface area contributed by atoms with Crippen LogP contribution in [0.3, 0.4) is 0 Å². The van der Waals surface area contributed by atoms with Crippen LogP contribution in [-0.4, -0.2) is 18.3 Å². The monoisotopic (exact) mass is 304 g/mol. The number of halogens is 1. The maximum atomic E-state index is 8.62. The first-order valence-corrected chi connectivity index (χ1v) is 5.48. The number of aliphatic hydroxyl groups is 1. The molecule has 14 heavy (non-hydrogen) atoms. The average Bonchev–Trinajstić information content (AvgIpc) is 2.20. The molecule has 0 amide bonds. The Hall–Kier alpha value is -0.390. The third kappa shape index (κ3) is 4.74. The first kappa shape index (κ1) is 11.7. The molecule has 3 heteroatoms. The Morgan fingerprint density at radius 3 is 2.71 bits per heavy atom. The Labute approximate surface area is 97.7 Å². The van der Waals surface area contributed by atoms with Crippen LogP contribution in [0.15, 0.2) is 40.0 Å². The van der Waals surface area contributed by atoms with Gasteiger partial charge in [0.1, 0.15) is 0 Å². The summed E-state index contributed by atoms with van der Waals surface area (Å²) in [6.45, 7) is 1.26. The summed E-state index contributed by atoms with van der Waals surface area (Å²) in [5, 5.41) is 8.62. The number of rotatable bonds is 5. The van der Waals surface area contributed by atoms with Gasteiger partial charge in [-0.15, -0.1) is 0 Å². The van der Waals surface area contributed by atoms with E-state index in [9.17, 15) is 0 Å². The van der Waals surface area contributed by atoms with Crippen molar-refractivity contribution in [1.82, 2.24) is 0 Å². The second-order valence-corrected chi connectivity index (χ2v) is 4.20. The largest absolute Gasteiger partial charge is 0.392 e. The minimum absolute atomic E-state index is 0.0764. The van der Waals surface area contributed by atoms with Gasteiger partial charge >= 0.3 is 0 Å². The van der Waals surface area contributed by atoms with E-state index in [2.05, 4.69) is 22.6 Å². The van der Waals surface area contributed by atoms with Gasteiger partial charge in [0.25, 0.3) is 0 Å². The Bertz CT molecular complexity index is 283. The first-order valence-electron chi connectivity index (χ1n) is 4.40. The SMILES string of the molecule is OC/C=C(\I)COCc1ccccc1. The van der Waals surface area contributed by atoms with Crippen molar-refractivity contribution in [3.63, 3.8) is 0 Å². The highest BCUT2D eigenvalue weighted by Crippen LogP contribution is 2.07. The highest BCUT2D eigenvalue weighted by Gasteiger charge is 1.93. The summed E-state index contributed by atoms with van der Waals surface area (Å²) < 4.78 is 6.48. The zero-order valence-corrected chi connectivity index (χ0v) is 9.98. The van der Waals surface area contributed by atoms with E-state index in [1.165, 1.54) is 5.56 Å². The van der Waals surface area contributed by atoms with Gasteiger partial charge < -0.3 is 9.84 Å². The van der Waals surface area contributed by atoms with E-state index in [1.807, 2.05) is 30.3 Å². The standard InChI is InChI=1S/C11H13IO2/c12-11(6-7-13)9-14-8-10-4-2-1-3-5-10/h1-6,13H,7-9H2/b11-6-. The zero-order chi connectivity index (χ0) is 10.2. The number of hydrogen-bond acceptors (Lipinski definition) is 2. The Kier molecular flexibility index (Phi) is 5.82. The van der Waals surface area contributed by atoms with E-state index in [0.717, 1.165) is 3.58 Å². The predicted octanol–water partition coefficient (Wildman–Crippen LogP) is 2.51. The molecule has 0 aliphatic heterocycles. The molecule has 0 saturated carbocycles. The van der Waals surface area contributed by atoms with E-state index in [1.54, 1.807) is 6.08 Å². The molecule has 1 rings (SSSR count). The van der Waals surface area contributed by atoms with Crippen molar-refractivity contribution in [2.75, 3.05) is 13.2 Å². The maximum absolute atomic E-state index is 8.62. The van der Waals surface area contributed by atoms with Gasteiger partial charge in [-0.25, -0.2) is 0 Å². The van der Waals surface area contributed by atoms with Crippen molar-refractivity contribution in [1.29, 1.82) is 0 Å². The van der Waals surface area contributed by atoms with Gasteiger partial charge in [-0.2, -0.15) is 0 Å². The van der Waals surface area contributed by atoms with Crippen LogP contribution in [0.5, 0.6) is 0 Å². The Morgan fingerprint density at radius 1 is 1.36 bits per heavy atom. The highest BCUT2D eigenvalue weighted by molar-refractivity contribution is 14.1. The van der Waals surface area contributed by atoms with Crippen LogP contribution in [0.25, 0.3) is 0 Å². The fourth-order valence-electron chi connectivity index (χ4n) is 0.999. The molecule has 0 aliphatic carbocycles. The maximum Gasteiger partial charge on any atom is 0.0776 e. The number of hydrogen-bond donors (Lipinski definition) is 1. The minimum atomic E-state index is 0.0764. The van der Waals surface area contributed by atoms with Gasteiger partial charge in [-0.1, -0.05) is 30.3 Å².